The number of nitrogens with two attached hydrogens (primary N) is 1. The Morgan fingerprint density at radius 2 is 2.11 bits per heavy atom. The highest BCUT2D eigenvalue weighted by molar-refractivity contribution is 7.99. The molecule has 0 spiro atoms. The quantitative estimate of drug-likeness (QED) is 0.789. The molecule has 0 saturated carbocycles. The molecule has 96 valence electrons. The molecule has 2 heterocycles. The first-order valence-corrected chi connectivity index (χ1v) is 6.64. The molecular formula is C13H12N4OS. The summed E-state index contributed by atoms with van der Waals surface area (Å²) in [7, 11) is 0. The van der Waals surface area contributed by atoms with Gasteiger partial charge in [0.15, 0.2) is 0 Å². The number of hydrogen-bond donors (Lipinski definition) is 1. The van der Waals surface area contributed by atoms with Gasteiger partial charge in [-0.1, -0.05) is 18.2 Å². The van der Waals surface area contributed by atoms with Crippen molar-refractivity contribution in [2.45, 2.75) is 23.6 Å². The van der Waals surface area contributed by atoms with Gasteiger partial charge in [-0.15, -0.1) is 10.2 Å². The largest absolute Gasteiger partial charge is 0.416 e. The van der Waals surface area contributed by atoms with E-state index in [1.165, 1.54) is 11.8 Å². The average molecular weight is 272 g/mol. The number of nitrogens with zero attached hydrogens (tertiary/aromatic N) is 3. The molecule has 0 radical (unpaired) electrons. The van der Waals surface area contributed by atoms with Gasteiger partial charge < -0.3 is 10.2 Å². The van der Waals surface area contributed by atoms with E-state index in [0.29, 0.717) is 17.7 Å². The molecule has 2 N–H and O–H groups in total. The van der Waals surface area contributed by atoms with Crippen molar-refractivity contribution in [2.24, 2.45) is 5.73 Å². The van der Waals surface area contributed by atoms with Crippen LogP contribution in [0.15, 0.2) is 45.0 Å². The third-order valence-electron chi connectivity index (χ3n) is 2.72. The van der Waals surface area contributed by atoms with Crippen molar-refractivity contribution in [3.8, 4) is 0 Å². The number of aryl methyl sites for hydroxylation is 1. The molecule has 2 aromatic heterocycles. The van der Waals surface area contributed by atoms with Crippen LogP contribution >= 0.6 is 11.8 Å². The van der Waals surface area contributed by atoms with Crippen molar-refractivity contribution < 1.29 is 4.42 Å². The van der Waals surface area contributed by atoms with E-state index in [9.17, 15) is 0 Å². The molecule has 0 fully saturated rings. The minimum absolute atomic E-state index is 0.424. The molecule has 6 heteroatoms. The zero-order chi connectivity index (χ0) is 13.2. The van der Waals surface area contributed by atoms with E-state index in [2.05, 4.69) is 15.2 Å². The predicted octanol–water partition coefficient (Wildman–Crippen LogP) is 2.54. The molecule has 0 bridgehead atoms. The summed E-state index contributed by atoms with van der Waals surface area (Å²) < 4.78 is 5.42. The highest BCUT2D eigenvalue weighted by Crippen LogP contribution is 2.34. The van der Waals surface area contributed by atoms with Crippen LogP contribution in [0.4, 0.5) is 0 Å². The maximum atomic E-state index is 5.78. The highest BCUT2D eigenvalue weighted by Gasteiger charge is 2.12. The number of rotatable bonds is 3. The average Bonchev–Trinajstić information content (AvgIpc) is 2.85. The highest BCUT2D eigenvalue weighted by atomic mass is 32.2. The third-order valence-corrected chi connectivity index (χ3v) is 3.74. The lowest BCUT2D eigenvalue weighted by molar-refractivity contribution is 0.429. The van der Waals surface area contributed by atoms with Crippen molar-refractivity contribution in [3.63, 3.8) is 0 Å². The smallest absolute Gasteiger partial charge is 0.281 e. The van der Waals surface area contributed by atoms with Crippen LogP contribution in [0, 0.1) is 6.92 Å². The maximum absolute atomic E-state index is 5.78. The molecule has 0 atom stereocenters. The molecule has 0 aliphatic rings. The monoisotopic (exact) mass is 272 g/mol. The Morgan fingerprint density at radius 1 is 1.26 bits per heavy atom. The lowest BCUT2D eigenvalue weighted by atomic mass is 10.1. The van der Waals surface area contributed by atoms with Gasteiger partial charge in [0.2, 0.25) is 5.89 Å². The molecule has 0 aliphatic carbocycles. The molecule has 19 heavy (non-hydrogen) atoms. The summed E-state index contributed by atoms with van der Waals surface area (Å²) in [4.78, 5) is 5.42. The molecule has 1 aromatic carbocycles. The van der Waals surface area contributed by atoms with Crippen molar-refractivity contribution in [1.29, 1.82) is 0 Å². The number of fused-ring (bicyclic) bond motifs is 1. The summed E-state index contributed by atoms with van der Waals surface area (Å²) >= 11 is 1.43. The Hall–Kier alpha value is -1.92. The van der Waals surface area contributed by atoms with E-state index in [1.54, 1.807) is 13.1 Å². The summed E-state index contributed by atoms with van der Waals surface area (Å²) in [6.07, 6.45) is 1.80. The molecule has 5 nitrogen and oxygen atoms in total. The Balaban J connectivity index is 2.14. The summed E-state index contributed by atoms with van der Waals surface area (Å²) in [6.45, 7) is 2.19. The van der Waals surface area contributed by atoms with E-state index in [4.69, 9.17) is 10.2 Å². The fourth-order valence-electron chi connectivity index (χ4n) is 1.83. The predicted molar refractivity (Wildman–Crippen MR) is 72.8 cm³/mol. The second-order valence-electron chi connectivity index (χ2n) is 4.02. The fraction of sp³-hybridized carbons (Fsp3) is 0.154. The van der Waals surface area contributed by atoms with Gasteiger partial charge in [-0.05, 0) is 23.4 Å². The van der Waals surface area contributed by atoms with Gasteiger partial charge in [-0.2, -0.15) is 0 Å². The van der Waals surface area contributed by atoms with Crippen molar-refractivity contribution >= 4 is 22.7 Å². The molecule has 0 aliphatic heterocycles. The summed E-state index contributed by atoms with van der Waals surface area (Å²) in [6, 6.07) is 7.93. The molecular weight excluding hydrogens is 260 g/mol. The van der Waals surface area contributed by atoms with Gasteiger partial charge in [0.25, 0.3) is 5.22 Å². The van der Waals surface area contributed by atoms with E-state index >= 15 is 0 Å². The Labute approximate surface area is 114 Å². The fourth-order valence-corrected chi connectivity index (χ4v) is 2.80. The van der Waals surface area contributed by atoms with Crippen molar-refractivity contribution in [1.82, 2.24) is 15.2 Å². The number of hydrogen-bond acceptors (Lipinski definition) is 6. The molecule has 0 amide bonds. The molecule has 3 aromatic rings. The summed E-state index contributed by atoms with van der Waals surface area (Å²) in [5.41, 5.74) is 7.68. The molecule has 0 unspecified atom stereocenters. The number of para-hydroxylation sites is 1. The van der Waals surface area contributed by atoms with Gasteiger partial charge in [-0.25, -0.2) is 0 Å². The van der Waals surface area contributed by atoms with Gasteiger partial charge >= 0.3 is 0 Å². The zero-order valence-electron chi connectivity index (χ0n) is 10.3. The van der Waals surface area contributed by atoms with Crippen LogP contribution in [-0.2, 0) is 6.54 Å². The van der Waals surface area contributed by atoms with Crippen LogP contribution < -0.4 is 5.73 Å². The molecule has 3 rings (SSSR count). The minimum Gasteiger partial charge on any atom is -0.416 e. The van der Waals surface area contributed by atoms with E-state index in [-0.39, 0.29) is 0 Å². The number of aromatic nitrogens is 3. The Kier molecular flexibility index (Phi) is 3.18. The normalized spacial score (nSPS) is 11.1. The van der Waals surface area contributed by atoms with Crippen LogP contribution in [-0.4, -0.2) is 15.2 Å². The van der Waals surface area contributed by atoms with Crippen molar-refractivity contribution in [3.05, 3.63) is 41.9 Å². The van der Waals surface area contributed by atoms with Crippen LogP contribution in [0.3, 0.4) is 0 Å². The summed E-state index contributed by atoms with van der Waals surface area (Å²) in [5, 5.41) is 9.41. The number of benzene rings is 1. The first-order chi connectivity index (χ1) is 9.28. The van der Waals surface area contributed by atoms with Crippen molar-refractivity contribution in [2.75, 3.05) is 0 Å². The van der Waals surface area contributed by atoms with Crippen LogP contribution in [0.5, 0.6) is 0 Å². The van der Waals surface area contributed by atoms with Crippen LogP contribution in [0.1, 0.15) is 11.5 Å². The lowest BCUT2D eigenvalue weighted by Gasteiger charge is -2.08. The topological polar surface area (TPSA) is 77.8 Å². The number of pyridine rings is 1. The second-order valence-corrected chi connectivity index (χ2v) is 4.98. The molecule has 0 saturated heterocycles. The first kappa shape index (κ1) is 12.1. The minimum atomic E-state index is 0.424. The van der Waals surface area contributed by atoms with Gasteiger partial charge in [0.1, 0.15) is 0 Å². The zero-order valence-corrected chi connectivity index (χ0v) is 11.1. The van der Waals surface area contributed by atoms with Gasteiger partial charge in [0, 0.05) is 29.9 Å². The second kappa shape index (κ2) is 4.99. The van der Waals surface area contributed by atoms with E-state index in [1.807, 2.05) is 24.3 Å². The standard InChI is InChI=1S/C13H12N4OS/c1-8-16-17-13(18-8)19-12-9(6-14)7-15-11-5-3-2-4-10(11)12/h2-5,7H,6,14H2,1H3. The van der Waals surface area contributed by atoms with E-state index in [0.717, 1.165) is 21.4 Å². The van der Waals surface area contributed by atoms with Crippen LogP contribution in [0.25, 0.3) is 10.9 Å². The first-order valence-electron chi connectivity index (χ1n) is 5.82. The van der Waals surface area contributed by atoms with Gasteiger partial charge in [0.05, 0.1) is 5.52 Å². The SMILES string of the molecule is Cc1nnc(Sc2c(CN)cnc3ccccc23)o1. The Morgan fingerprint density at radius 3 is 2.84 bits per heavy atom. The third kappa shape index (κ3) is 2.32. The lowest BCUT2D eigenvalue weighted by Crippen LogP contribution is -2.00. The Bertz CT molecular complexity index is 725. The summed E-state index contributed by atoms with van der Waals surface area (Å²) in [5.74, 6) is 0.551. The van der Waals surface area contributed by atoms with E-state index < -0.39 is 0 Å². The van der Waals surface area contributed by atoms with Crippen LogP contribution in [0.2, 0.25) is 0 Å². The maximum Gasteiger partial charge on any atom is 0.281 e. The van der Waals surface area contributed by atoms with Gasteiger partial charge in [-0.3, -0.25) is 4.98 Å².